The van der Waals surface area contributed by atoms with E-state index in [0.29, 0.717) is 12.3 Å². The van der Waals surface area contributed by atoms with Crippen molar-refractivity contribution in [1.29, 1.82) is 0 Å². The van der Waals surface area contributed by atoms with Crippen LogP contribution in [0.5, 0.6) is 5.75 Å². The van der Waals surface area contributed by atoms with Crippen LogP contribution in [-0.4, -0.2) is 35.6 Å². The third kappa shape index (κ3) is 2.88. The van der Waals surface area contributed by atoms with E-state index in [1.807, 2.05) is 12.1 Å². The average molecular weight is 275 g/mol. The molecular formula is C15H21N3O2. The van der Waals surface area contributed by atoms with Gasteiger partial charge in [-0.05, 0) is 24.3 Å². The molecule has 1 fully saturated rings. The van der Waals surface area contributed by atoms with Crippen LogP contribution in [-0.2, 0) is 6.54 Å². The van der Waals surface area contributed by atoms with Gasteiger partial charge in [0, 0.05) is 31.6 Å². The molecule has 1 aromatic rings. The maximum atomic E-state index is 8.74. The molecule has 1 saturated carbocycles. The first kappa shape index (κ1) is 13.2. The highest BCUT2D eigenvalue weighted by Crippen LogP contribution is 2.49. The Morgan fingerprint density at radius 1 is 1.40 bits per heavy atom. The van der Waals surface area contributed by atoms with E-state index in [-0.39, 0.29) is 5.41 Å². The van der Waals surface area contributed by atoms with E-state index in [0.717, 1.165) is 44.8 Å². The Balaban J connectivity index is 1.67. The molecule has 5 heteroatoms. The second-order valence-corrected chi connectivity index (χ2v) is 5.93. The molecule has 0 amide bonds. The van der Waals surface area contributed by atoms with E-state index in [1.165, 1.54) is 5.56 Å². The van der Waals surface area contributed by atoms with E-state index in [9.17, 15) is 0 Å². The fraction of sp³-hybridized carbons (Fsp3) is 0.533. The Morgan fingerprint density at radius 2 is 2.20 bits per heavy atom. The molecule has 2 aliphatic rings. The highest BCUT2D eigenvalue weighted by Gasteiger charge is 2.44. The lowest BCUT2D eigenvalue weighted by Crippen LogP contribution is -2.34. The number of benzene rings is 1. The van der Waals surface area contributed by atoms with Gasteiger partial charge in [-0.15, -0.1) is 0 Å². The number of ether oxygens (including phenoxy) is 1. The summed E-state index contributed by atoms with van der Waals surface area (Å²) in [5.74, 6) is 1.34. The molecule has 108 valence electrons. The van der Waals surface area contributed by atoms with E-state index >= 15 is 0 Å². The number of fused-ring (bicyclic) bond motifs is 1. The van der Waals surface area contributed by atoms with E-state index in [1.54, 1.807) is 0 Å². The summed E-state index contributed by atoms with van der Waals surface area (Å²) in [6.45, 7) is 3.54. The van der Waals surface area contributed by atoms with Gasteiger partial charge in [0.15, 0.2) is 0 Å². The third-order valence-corrected chi connectivity index (χ3v) is 4.23. The highest BCUT2D eigenvalue weighted by molar-refractivity contribution is 5.80. The van der Waals surface area contributed by atoms with Crippen molar-refractivity contribution in [3.8, 4) is 5.75 Å². The van der Waals surface area contributed by atoms with Gasteiger partial charge in [-0.2, -0.15) is 0 Å². The normalized spacial score (nSPS) is 21.7. The molecule has 0 spiro atoms. The minimum Gasteiger partial charge on any atom is -0.492 e. The molecule has 1 aliphatic carbocycles. The van der Waals surface area contributed by atoms with Crippen LogP contribution in [0.25, 0.3) is 0 Å². The smallest absolute Gasteiger partial charge is 0.139 e. The zero-order chi connectivity index (χ0) is 14.0. The molecule has 0 saturated heterocycles. The molecule has 1 aliphatic heterocycles. The van der Waals surface area contributed by atoms with Crippen molar-refractivity contribution in [2.45, 2.75) is 25.8 Å². The van der Waals surface area contributed by atoms with Gasteiger partial charge in [-0.3, -0.25) is 4.90 Å². The van der Waals surface area contributed by atoms with Crippen LogP contribution in [0.4, 0.5) is 0 Å². The number of hydrogen-bond acceptors (Lipinski definition) is 4. The van der Waals surface area contributed by atoms with Crippen molar-refractivity contribution in [2.75, 3.05) is 19.7 Å². The topological polar surface area (TPSA) is 71.1 Å². The van der Waals surface area contributed by atoms with Crippen molar-refractivity contribution in [3.05, 3.63) is 29.8 Å². The van der Waals surface area contributed by atoms with Gasteiger partial charge in [-0.25, -0.2) is 0 Å². The summed E-state index contributed by atoms with van der Waals surface area (Å²) in [6, 6.07) is 8.21. The maximum Gasteiger partial charge on any atom is 0.139 e. The largest absolute Gasteiger partial charge is 0.492 e. The van der Waals surface area contributed by atoms with Gasteiger partial charge >= 0.3 is 0 Å². The van der Waals surface area contributed by atoms with Crippen LogP contribution in [0.15, 0.2) is 29.4 Å². The predicted molar refractivity (Wildman–Crippen MR) is 76.9 cm³/mol. The Labute approximate surface area is 119 Å². The lowest BCUT2D eigenvalue weighted by molar-refractivity contribution is 0.191. The fourth-order valence-corrected chi connectivity index (χ4v) is 2.98. The minimum absolute atomic E-state index is 0.204. The SMILES string of the molecule is NC(CC1(CN2CCOc3ccccc3C2)CC1)=NO. The van der Waals surface area contributed by atoms with E-state index in [4.69, 9.17) is 15.7 Å². The minimum atomic E-state index is 0.204. The molecule has 0 radical (unpaired) electrons. The van der Waals surface area contributed by atoms with Gasteiger partial charge in [0.1, 0.15) is 18.2 Å². The fourth-order valence-electron chi connectivity index (χ4n) is 2.98. The molecule has 0 unspecified atom stereocenters. The Hall–Kier alpha value is -1.75. The second-order valence-electron chi connectivity index (χ2n) is 5.93. The van der Waals surface area contributed by atoms with Crippen molar-refractivity contribution in [3.63, 3.8) is 0 Å². The van der Waals surface area contributed by atoms with Gasteiger partial charge < -0.3 is 15.7 Å². The summed E-state index contributed by atoms with van der Waals surface area (Å²) >= 11 is 0. The van der Waals surface area contributed by atoms with Crippen LogP contribution < -0.4 is 10.5 Å². The molecule has 1 aromatic carbocycles. The van der Waals surface area contributed by atoms with Crippen LogP contribution in [0, 0.1) is 5.41 Å². The maximum absolute atomic E-state index is 8.74. The van der Waals surface area contributed by atoms with Crippen LogP contribution >= 0.6 is 0 Å². The lowest BCUT2D eigenvalue weighted by atomic mass is 10.0. The monoisotopic (exact) mass is 275 g/mol. The summed E-state index contributed by atoms with van der Waals surface area (Å²) in [6.07, 6.45) is 2.99. The Bertz CT molecular complexity index is 512. The first-order valence-corrected chi connectivity index (χ1v) is 7.10. The van der Waals surface area contributed by atoms with Gasteiger partial charge in [0.25, 0.3) is 0 Å². The standard InChI is InChI=1S/C15H21N3O2/c16-14(17-19)9-15(5-6-15)11-18-7-8-20-13-4-2-1-3-12(13)10-18/h1-4,19H,5-11H2,(H2,16,17). The number of rotatable bonds is 4. The number of nitrogens with zero attached hydrogens (tertiary/aromatic N) is 2. The zero-order valence-electron chi connectivity index (χ0n) is 11.6. The zero-order valence-corrected chi connectivity index (χ0v) is 11.6. The molecule has 0 aromatic heterocycles. The first-order valence-electron chi connectivity index (χ1n) is 7.10. The summed E-state index contributed by atoms with van der Waals surface area (Å²) in [5, 5.41) is 11.8. The van der Waals surface area contributed by atoms with Crippen molar-refractivity contribution in [2.24, 2.45) is 16.3 Å². The summed E-state index contributed by atoms with van der Waals surface area (Å²) < 4.78 is 5.79. The first-order chi connectivity index (χ1) is 9.71. The van der Waals surface area contributed by atoms with Crippen molar-refractivity contribution in [1.82, 2.24) is 4.90 Å². The molecule has 3 N–H and O–H groups in total. The molecule has 1 heterocycles. The van der Waals surface area contributed by atoms with Crippen LogP contribution in [0.1, 0.15) is 24.8 Å². The van der Waals surface area contributed by atoms with Crippen LogP contribution in [0.2, 0.25) is 0 Å². The highest BCUT2D eigenvalue weighted by atomic mass is 16.5. The number of nitrogens with two attached hydrogens (primary N) is 1. The van der Waals surface area contributed by atoms with E-state index < -0.39 is 0 Å². The third-order valence-electron chi connectivity index (χ3n) is 4.23. The quantitative estimate of drug-likeness (QED) is 0.380. The molecule has 20 heavy (non-hydrogen) atoms. The molecule has 0 bridgehead atoms. The summed E-state index contributed by atoms with van der Waals surface area (Å²) in [7, 11) is 0. The molecular weight excluding hydrogens is 254 g/mol. The van der Waals surface area contributed by atoms with Crippen molar-refractivity contribution < 1.29 is 9.94 Å². The second kappa shape index (κ2) is 5.32. The molecule has 3 rings (SSSR count). The number of hydrogen-bond donors (Lipinski definition) is 2. The summed E-state index contributed by atoms with van der Waals surface area (Å²) in [5.41, 5.74) is 7.11. The Kier molecular flexibility index (Phi) is 3.53. The summed E-state index contributed by atoms with van der Waals surface area (Å²) in [4.78, 5) is 2.42. The van der Waals surface area contributed by atoms with Gasteiger partial charge in [0.05, 0.1) is 0 Å². The van der Waals surface area contributed by atoms with Crippen LogP contribution in [0.3, 0.4) is 0 Å². The number of oxime groups is 1. The van der Waals surface area contributed by atoms with E-state index in [2.05, 4.69) is 22.2 Å². The average Bonchev–Trinajstić information content (AvgIpc) is 3.22. The molecule has 5 nitrogen and oxygen atoms in total. The molecule has 0 atom stereocenters. The van der Waals surface area contributed by atoms with Gasteiger partial charge in [-0.1, -0.05) is 23.4 Å². The van der Waals surface area contributed by atoms with Crippen molar-refractivity contribution >= 4 is 5.84 Å². The Morgan fingerprint density at radius 3 is 2.95 bits per heavy atom. The lowest BCUT2D eigenvalue weighted by Gasteiger charge is -2.25. The number of para-hydroxylation sites is 1. The number of amidine groups is 1. The van der Waals surface area contributed by atoms with Gasteiger partial charge in [0.2, 0.25) is 0 Å². The predicted octanol–water partition coefficient (Wildman–Crippen LogP) is 1.80.